The van der Waals surface area contributed by atoms with E-state index in [0.717, 1.165) is 35.8 Å². The number of carbonyl (C=O) groups excluding carboxylic acids is 4. The van der Waals surface area contributed by atoms with E-state index >= 15 is 4.79 Å². The van der Waals surface area contributed by atoms with Crippen molar-refractivity contribution in [3.8, 4) is 0 Å². The number of fused-ring (bicyclic) bond motifs is 4. The third-order valence-electron chi connectivity index (χ3n) is 12.7. The molecule has 3 saturated heterocycles. The molecule has 4 heterocycles. The second-order valence-electron chi connectivity index (χ2n) is 15.6. The lowest BCUT2D eigenvalue weighted by molar-refractivity contribution is -0.144. The first-order chi connectivity index (χ1) is 26.3. The number of hydrogen-bond acceptors (Lipinski definition) is 8. The molecule has 6 atom stereocenters. The van der Waals surface area contributed by atoms with Crippen LogP contribution in [-0.4, -0.2) is 62.7 Å². The number of hydrazine groups is 1. The molecule has 3 aromatic carbocycles. The average molecular weight is 725 g/mol. The number of nitrogens with one attached hydrogen (secondary N) is 1. The number of rotatable bonds is 8. The van der Waals surface area contributed by atoms with E-state index < -0.39 is 40.9 Å². The molecular formula is C44H44N4O6. The summed E-state index contributed by atoms with van der Waals surface area (Å²) in [5.41, 5.74) is 6.11. The summed E-state index contributed by atoms with van der Waals surface area (Å²) in [6.45, 7) is 4.04. The topological polar surface area (TPSA) is 123 Å². The fraction of sp³-hybridized carbons (Fsp3) is 0.364. The SMILES string of the molecule is Cc1ccc(NN2C(=O)C3CC4C(=CCC5C(=O)N(C6CCN(Cc7ccccc7)CC6)C(=O)C54)C(c4ccc(CO)o4)C3(c3ccccc3)C2=O)cc1. The molecule has 3 aliphatic heterocycles. The zero-order valence-electron chi connectivity index (χ0n) is 30.3. The second kappa shape index (κ2) is 13.5. The Labute approximate surface area is 314 Å². The number of benzene rings is 3. The zero-order valence-corrected chi connectivity index (χ0v) is 30.3. The smallest absolute Gasteiger partial charge is 0.260 e. The predicted octanol–water partition coefficient (Wildman–Crippen LogP) is 5.73. The number of allylic oxidation sites excluding steroid dienone is 2. The average Bonchev–Trinajstić information content (AvgIpc) is 3.84. The van der Waals surface area contributed by atoms with E-state index in [1.54, 1.807) is 17.0 Å². The van der Waals surface area contributed by atoms with Gasteiger partial charge in [-0.05, 0) is 73.9 Å². The summed E-state index contributed by atoms with van der Waals surface area (Å²) in [4.78, 5) is 63.0. The Kier molecular flexibility index (Phi) is 8.62. The highest BCUT2D eigenvalue weighted by Crippen LogP contribution is 2.64. The molecule has 0 spiro atoms. The second-order valence-corrected chi connectivity index (χ2v) is 15.6. The molecule has 4 fully saturated rings. The first-order valence-corrected chi connectivity index (χ1v) is 19.1. The predicted molar refractivity (Wildman–Crippen MR) is 200 cm³/mol. The van der Waals surface area contributed by atoms with Crippen LogP contribution in [0.15, 0.2) is 113 Å². The van der Waals surface area contributed by atoms with Crippen molar-refractivity contribution < 1.29 is 28.7 Å². The number of aliphatic hydroxyl groups is 1. The maximum Gasteiger partial charge on any atom is 0.260 e. The lowest BCUT2D eigenvalue weighted by atomic mass is 9.50. The highest BCUT2D eigenvalue weighted by molar-refractivity contribution is 6.13. The first-order valence-electron chi connectivity index (χ1n) is 19.1. The third kappa shape index (κ3) is 5.37. The number of carbonyl (C=O) groups is 4. The van der Waals surface area contributed by atoms with Gasteiger partial charge in [0, 0.05) is 25.7 Å². The van der Waals surface area contributed by atoms with Crippen molar-refractivity contribution in [2.24, 2.45) is 23.7 Å². The highest BCUT2D eigenvalue weighted by atomic mass is 16.4. The number of aliphatic hydroxyl groups excluding tert-OH is 1. The van der Waals surface area contributed by atoms with Gasteiger partial charge in [-0.1, -0.05) is 90.0 Å². The number of nitrogens with zero attached hydrogens (tertiary/aromatic N) is 3. The van der Waals surface area contributed by atoms with Gasteiger partial charge in [-0.25, -0.2) is 0 Å². The molecule has 4 amide bonds. The van der Waals surface area contributed by atoms with Crippen LogP contribution in [0.5, 0.6) is 0 Å². The van der Waals surface area contributed by atoms with Crippen LogP contribution < -0.4 is 5.43 Å². The van der Waals surface area contributed by atoms with Crippen molar-refractivity contribution in [3.63, 3.8) is 0 Å². The number of amides is 4. The van der Waals surface area contributed by atoms with E-state index in [9.17, 15) is 19.5 Å². The lowest BCUT2D eigenvalue weighted by Gasteiger charge is -2.49. The van der Waals surface area contributed by atoms with Crippen molar-refractivity contribution >= 4 is 29.3 Å². The number of piperidine rings is 1. The van der Waals surface area contributed by atoms with Crippen LogP contribution in [0.3, 0.4) is 0 Å². The molecule has 1 aromatic heterocycles. The molecule has 6 unspecified atom stereocenters. The number of hydrogen-bond donors (Lipinski definition) is 2. The highest BCUT2D eigenvalue weighted by Gasteiger charge is 2.71. The largest absolute Gasteiger partial charge is 0.463 e. The summed E-state index contributed by atoms with van der Waals surface area (Å²) in [6.07, 6.45) is 4.05. The van der Waals surface area contributed by atoms with Crippen LogP contribution in [0.1, 0.15) is 59.8 Å². The third-order valence-corrected chi connectivity index (χ3v) is 12.7. The van der Waals surface area contributed by atoms with Gasteiger partial charge in [-0.15, -0.1) is 0 Å². The molecule has 0 bridgehead atoms. The van der Waals surface area contributed by atoms with Crippen LogP contribution in [-0.2, 0) is 37.7 Å². The molecule has 4 aromatic rings. The van der Waals surface area contributed by atoms with Gasteiger partial charge in [0.05, 0.1) is 29.4 Å². The van der Waals surface area contributed by atoms with E-state index in [-0.39, 0.29) is 36.8 Å². The molecule has 9 rings (SSSR count). The zero-order chi connectivity index (χ0) is 37.1. The van der Waals surface area contributed by atoms with E-state index in [0.29, 0.717) is 42.0 Å². The number of likely N-dealkylation sites (tertiary alicyclic amines) is 2. The minimum absolute atomic E-state index is 0.129. The summed E-state index contributed by atoms with van der Waals surface area (Å²) in [5, 5.41) is 11.2. The Morgan fingerprint density at radius 2 is 1.52 bits per heavy atom. The maximum atomic E-state index is 15.2. The van der Waals surface area contributed by atoms with Crippen LogP contribution >= 0.6 is 0 Å². The van der Waals surface area contributed by atoms with E-state index in [4.69, 9.17) is 4.42 Å². The molecule has 276 valence electrons. The minimum Gasteiger partial charge on any atom is -0.463 e. The Morgan fingerprint density at radius 3 is 2.20 bits per heavy atom. The molecule has 10 heteroatoms. The van der Waals surface area contributed by atoms with Crippen molar-refractivity contribution in [1.29, 1.82) is 0 Å². The Morgan fingerprint density at radius 1 is 0.815 bits per heavy atom. The summed E-state index contributed by atoms with van der Waals surface area (Å²) in [6, 6.07) is 30.5. The van der Waals surface area contributed by atoms with Gasteiger partial charge < -0.3 is 9.52 Å². The molecule has 1 saturated carbocycles. The fourth-order valence-electron chi connectivity index (χ4n) is 10.3. The van der Waals surface area contributed by atoms with Crippen molar-refractivity contribution in [1.82, 2.24) is 14.8 Å². The molecule has 54 heavy (non-hydrogen) atoms. The van der Waals surface area contributed by atoms with Gasteiger partial charge in [-0.3, -0.25) is 34.4 Å². The molecule has 2 aliphatic carbocycles. The lowest BCUT2D eigenvalue weighted by Crippen LogP contribution is -2.53. The standard InChI is InChI=1S/C44H44N4O6/c1-27-12-14-30(15-13-27)45-48-41(51)36-24-35-33(39(37-19-16-32(26-49)54-37)44(36,43(48)53)29-10-6-3-7-11-29)17-18-34-38(35)42(52)47(40(34)50)31-20-22-46(23-21-31)25-28-8-4-2-5-9-28/h2-17,19,31,34-36,38-39,45,49H,18,20-26H2,1H3. The quantitative estimate of drug-likeness (QED) is 0.175. The molecule has 5 aliphatic rings. The van der Waals surface area contributed by atoms with Crippen molar-refractivity contribution in [2.75, 3.05) is 18.5 Å². The summed E-state index contributed by atoms with van der Waals surface area (Å²) in [5.74, 6) is -3.58. The Hall–Kier alpha value is -5.32. The number of aryl methyl sites for hydroxylation is 1. The maximum absolute atomic E-state index is 15.2. The Balaban J connectivity index is 1.09. The van der Waals surface area contributed by atoms with E-state index in [2.05, 4.69) is 22.5 Å². The number of anilines is 1. The van der Waals surface area contributed by atoms with Gasteiger partial charge in [0.1, 0.15) is 23.5 Å². The van der Waals surface area contributed by atoms with Gasteiger partial charge in [-0.2, -0.15) is 5.01 Å². The monoisotopic (exact) mass is 724 g/mol. The normalized spacial score (nSPS) is 28.6. The minimum atomic E-state index is -1.41. The molecule has 2 N–H and O–H groups in total. The van der Waals surface area contributed by atoms with Crippen LogP contribution in [0, 0.1) is 30.6 Å². The van der Waals surface area contributed by atoms with Gasteiger partial charge in [0.15, 0.2) is 0 Å². The number of imide groups is 2. The van der Waals surface area contributed by atoms with E-state index in [1.165, 1.54) is 5.56 Å². The number of furan rings is 1. The van der Waals surface area contributed by atoms with E-state index in [1.807, 2.05) is 85.8 Å². The Bertz CT molecular complexity index is 2120. The van der Waals surface area contributed by atoms with Gasteiger partial charge >= 0.3 is 0 Å². The van der Waals surface area contributed by atoms with Crippen molar-refractivity contribution in [2.45, 2.75) is 63.1 Å². The van der Waals surface area contributed by atoms with Gasteiger partial charge in [0.25, 0.3) is 11.8 Å². The van der Waals surface area contributed by atoms with Gasteiger partial charge in [0.2, 0.25) is 11.8 Å². The fourth-order valence-corrected chi connectivity index (χ4v) is 10.3. The summed E-state index contributed by atoms with van der Waals surface area (Å²) < 4.78 is 6.29. The molecule has 0 radical (unpaired) electrons. The van der Waals surface area contributed by atoms with Crippen LogP contribution in [0.25, 0.3) is 0 Å². The van der Waals surface area contributed by atoms with Crippen molar-refractivity contribution in [3.05, 3.63) is 137 Å². The summed E-state index contributed by atoms with van der Waals surface area (Å²) >= 11 is 0. The van der Waals surface area contributed by atoms with Crippen LogP contribution in [0.2, 0.25) is 0 Å². The molecule has 10 nitrogen and oxygen atoms in total. The summed E-state index contributed by atoms with van der Waals surface area (Å²) in [7, 11) is 0. The first kappa shape index (κ1) is 34.4. The van der Waals surface area contributed by atoms with Crippen LogP contribution in [0.4, 0.5) is 5.69 Å². The molecular weight excluding hydrogens is 681 g/mol.